The normalized spacial score (nSPS) is 13.0. The van der Waals surface area contributed by atoms with Crippen LogP contribution in [0.4, 0.5) is 4.79 Å². The Hall–Kier alpha value is -2.61. The summed E-state index contributed by atoms with van der Waals surface area (Å²) >= 11 is 0. The van der Waals surface area contributed by atoms with Gasteiger partial charge in [0.05, 0.1) is 6.61 Å². The average Bonchev–Trinajstić information content (AvgIpc) is 2.77. The first kappa shape index (κ1) is 31.4. The fourth-order valence-electron chi connectivity index (χ4n) is 4.06. The van der Waals surface area contributed by atoms with E-state index >= 15 is 0 Å². The fourth-order valence-corrected chi connectivity index (χ4v) is 4.06. The van der Waals surface area contributed by atoms with Crippen molar-refractivity contribution in [3.8, 4) is 0 Å². The molecule has 204 valence electrons. The number of ether oxygens (including phenoxy) is 1. The maximum absolute atomic E-state index is 13.8. The molecule has 0 bridgehead atoms. The van der Waals surface area contributed by atoms with Gasteiger partial charge in [0, 0.05) is 13.1 Å². The van der Waals surface area contributed by atoms with Crippen molar-refractivity contribution in [2.75, 3.05) is 19.7 Å². The number of aliphatic hydroxyl groups excluding tert-OH is 1. The van der Waals surface area contributed by atoms with Crippen molar-refractivity contribution in [1.82, 2.24) is 15.5 Å². The van der Waals surface area contributed by atoms with E-state index in [0.717, 1.165) is 43.2 Å². The quantitative estimate of drug-likeness (QED) is 0.321. The Balaban J connectivity index is 3.38. The van der Waals surface area contributed by atoms with Crippen LogP contribution in [0.2, 0.25) is 0 Å². The predicted molar refractivity (Wildman–Crippen MR) is 143 cm³/mol. The number of aliphatic hydroxyl groups is 1. The molecule has 2 atom stereocenters. The van der Waals surface area contributed by atoms with Gasteiger partial charge in [0.2, 0.25) is 11.8 Å². The molecule has 0 saturated heterocycles. The lowest BCUT2D eigenvalue weighted by atomic mass is 9.98. The summed E-state index contributed by atoms with van der Waals surface area (Å²) in [4.78, 5) is 41.2. The molecule has 1 aromatic rings. The smallest absolute Gasteiger partial charge is 0.408 e. The minimum Gasteiger partial charge on any atom is -0.444 e. The van der Waals surface area contributed by atoms with Crippen LogP contribution >= 0.6 is 0 Å². The summed E-state index contributed by atoms with van der Waals surface area (Å²) in [6.07, 6.45) is 4.61. The van der Waals surface area contributed by atoms with Crippen LogP contribution in [-0.4, -0.2) is 59.3 Å². The number of rotatable bonds is 14. The Labute approximate surface area is 217 Å². The van der Waals surface area contributed by atoms with Gasteiger partial charge in [0.15, 0.2) is 0 Å². The van der Waals surface area contributed by atoms with Crippen molar-refractivity contribution < 1.29 is 24.2 Å². The second kappa shape index (κ2) is 15.5. The minimum absolute atomic E-state index is 0.269. The number of carbonyl (C=O) groups is 3. The van der Waals surface area contributed by atoms with Crippen molar-refractivity contribution in [3.63, 3.8) is 0 Å². The molecule has 0 aliphatic heterocycles. The largest absolute Gasteiger partial charge is 0.444 e. The van der Waals surface area contributed by atoms with E-state index in [-0.39, 0.29) is 5.91 Å². The number of aryl methyl sites for hydroxylation is 2. The highest BCUT2D eigenvalue weighted by molar-refractivity contribution is 5.92. The minimum atomic E-state index is -1.23. The SMILES string of the molecule is CCCCCNC(=O)C(c1cc(C)cc(C)c1)N(CCCCC)C(=O)C(CO)NC(=O)OC(C)(C)C. The summed E-state index contributed by atoms with van der Waals surface area (Å²) in [7, 11) is 0. The number of nitrogens with zero attached hydrogens (tertiary/aromatic N) is 1. The molecule has 1 rings (SSSR count). The van der Waals surface area contributed by atoms with Crippen molar-refractivity contribution in [2.45, 2.75) is 105 Å². The first-order valence-electron chi connectivity index (χ1n) is 13.2. The molecule has 3 amide bonds. The number of nitrogens with one attached hydrogen (secondary N) is 2. The predicted octanol–water partition coefficient (Wildman–Crippen LogP) is 4.56. The Kier molecular flexibility index (Phi) is 13.5. The lowest BCUT2D eigenvalue weighted by Crippen LogP contribution is -2.54. The molecule has 0 spiro atoms. The highest BCUT2D eigenvalue weighted by atomic mass is 16.6. The summed E-state index contributed by atoms with van der Waals surface area (Å²) in [5, 5.41) is 15.5. The van der Waals surface area contributed by atoms with Gasteiger partial charge in [-0.2, -0.15) is 0 Å². The maximum Gasteiger partial charge on any atom is 0.408 e. The van der Waals surface area contributed by atoms with E-state index in [1.807, 2.05) is 32.0 Å². The molecule has 0 radical (unpaired) electrons. The van der Waals surface area contributed by atoms with E-state index in [0.29, 0.717) is 25.1 Å². The van der Waals surface area contributed by atoms with Crippen LogP contribution in [0.1, 0.15) is 95.9 Å². The molecule has 36 heavy (non-hydrogen) atoms. The van der Waals surface area contributed by atoms with Crippen molar-refractivity contribution in [3.05, 3.63) is 34.9 Å². The number of unbranched alkanes of at least 4 members (excludes halogenated alkanes) is 4. The van der Waals surface area contributed by atoms with Crippen LogP contribution in [0.5, 0.6) is 0 Å². The molecule has 3 N–H and O–H groups in total. The maximum atomic E-state index is 13.8. The monoisotopic (exact) mass is 505 g/mol. The summed E-state index contributed by atoms with van der Waals surface area (Å²) in [6, 6.07) is 3.73. The summed E-state index contributed by atoms with van der Waals surface area (Å²) in [5.41, 5.74) is 1.92. The Morgan fingerprint density at radius 1 is 0.972 bits per heavy atom. The van der Waals surface area contributed by atoms with Crippen molar-refractivity contribution in [2.24, 2.45) is 0 Å². The average molecular weight is 506 g/mol. The lowest BCUT2D eigenvalue weighted by molar-refractivity contribution is -0.143. The highest BCUT2D eigenvalue weighted by Gasteiger charge is 2.36. The number of benzene rings is 1. The van der Waals surface area contributed by atoms with Gasteiger partial charge in [-0.25, -0.2) is 4.79 Å². The van der Waals surface area contributed by atoms with Gasteiger partial charge in [-0.15, -0.1) is 0 Å². The van der Waals surface area contributed by atoms with Crippen molar-refractivity contribution >= 4 is 17.9 Å². The first-order valence-corrected chi connectivity index (χ1v) is 13.2. The van der Waals surface area contributed by atoms with E-state index in [2.05, 4.69) is 24.5 Å². The van der Waals surface area contributed by atoms with Gasteiger partial charge in [0.1, 0.15) is 17.7 Å². The third-order valence-corrected chi connectivity index (χ3v) is 5.66. The molecular formula is C28H47N3O5. The highest BCUT2D eigenvalue weighted by Crippen LogP contribution is 2.26. The van der Waals surface area contributed by atoms with Gasteiger partial charge in [-0.1, -0.05) is 68.9 Å². The third kappa shape index (κ3) is 11.0. The number of amides is 3. The van der Waals surface area contributed by atoms with E-state index in [1.54, 1.807) is 20.8 Å². The number of alkyl carbamates (subject to hydrolysis) is 1. The molecule has 8 heteroatoms. The van der Waals surface area contributed by atoms with E-state index < -0.39 is 36.3 Å². The van der Waals surface area contributed by atoms with Crippen LogP contribution in [0, 0.1) is 13.8 Å². The molecule has 0 fully saturated rings. The van der Waals surface area contributed by atoms with Crippen LogP contribution < -0.4 is 10.6 Å². The van der Waals surface area contributed by atoms with Crippen molar-refractivity contribution in [1.29, 1.82) is 0 Å². The van der Waals surface area contributed by atoms with Crippen LogP contribution in [0.25, 0.3) is 0 Å². The zero-order chi connectivity index (χ0) is 27.3. The van der Waals surface area contributed by atoms with E-state index in [4.69, 9.17) is 4.74 Å². The lowest BCUT2D eigenvalue weighted by Gasteiger charge is -2.34. The fraction of sp³-hybridized carbons (Fsp3) is 0.679. The number of hydrogen-bond acceptors (Lipinski definition) is 5. The molecule has 1 aromatic carbocycles. The summed E-state index contributed by atoms with van der Waals surface area (Å²) in [5.74, 6) is -0.790. The molecule has 8 nitrogen and oxygen atoms in total. The summed E-state index contributed by atoms with van der Waals surface area (Å²) < 4.78 is 5.29. The van der Waals surface area contributed by atoms with Gasteiger partial charge in [0.25, 0.3) is 0 Å². The third-order valence-electron chi connectivity index (χ3n) is 5.66. The van der Waals surface area contributed by atoms with E-state index in [1.165, 1.54) is 4.90 Å². The Morgan fingerprint density at radius 3 is 2.08 bits per heavy atom. The van der Waals surface area contributed by atoms with Gasteiger partial charge in [-0.05, 0) is 53.0 Å². The van der Waals surface area contributed by atoms with Gasteiger partial charge in [-0.3, -0.25) is 9.59 Å². The standard InChI is InChI=1S/C28H47N3O5/c1-8-10-12-14-29-25(33)24(22-17-20(3)16-21(4)18-22)31(15-13-11-9-2)26(34)23(19-32)30-27(35)36-28(5,6)7/h16-18,23-24,32H,8-15,19H2,1-7H3,(H,29,33)(H,30,35). The molecule has 2 unspecified atom stereocenters. The summed E-state index contributed by atoms with van der Waals surface area (Å²) in [6.45, 7) is 13.5. The van der Waals surface area contributed by atoms with Gasteiger partial charge >= 0.3 is 6.09 Å². The molecular weight excluding hydrogens is 458 g/mol. The second-order valence-corrected chi connectivity index (χ2v) is 10.4. The molecule has 0 aliphatic rings. The molecule has 0 aliphatic carbocycles. The van der Waals surface area contributed by atoms with Crippen LogP contribution in [-0.2, 0) is 14.3 Å². The number of carbonyl (C=O) groups excluding carboxylic acids is 3. The van der Waals surface area contributed by atoms with Gasteiger partial charge < -0.3 is 25.4 Å². The Morgan fingerprint density at radius 2 is 1.56 bits per heavy atom. The second-order valence-electron chi connectivity index (χ2n) is 10.4. The molecule has 0 aromatic heterocycles. The topological polar surface area (TPSA) is 108 Å². The van der Waals surface area contributed by atoms with Crippen LogP contribution in [0.3, 0.4) is 0 Å². The van der Waals surface area contributed by atoms with E-state index in [9.17, 15) is 19.5 Å². The van der Waals surface area contributed by atoms with Crippen LogP contribution in [0.15, 0.2) is 18.2 Å². The first-order chi connectivity index (χ1) is 16.9. The molecule has 0 heterocycles. The Bertz CT molecular complexity index is 830. The zero-order valence-electron chi connectivity index (χ0n) is 23.3. The molecule has 0 saturated carbocycles. The zero-order valence-corrected chi connectivity index (χ0v) is 23.3. The number of hydrogen-bond donors (Lipinski definition) is 3.